The van der Waals surface area contributed by atoms with Crippen LogP contribution in [0, 0.1) is 5.82 Å². The van der Waals surface area contributed by atoms with E-state index in [0.717, 1.165) is 31.7 Å². The van der Waals surface area contributed by atoms with Crippen molar-refractivity contribution in [1.29, 1.82) is 0 Å². The van der Waals surface area contributed by atoms with Crippen molar-refractivity contribution < 1.29 is 4.39 Å². The number of unbranched alkanes of at least 4 members (excludes halogenated alkanes) is 1. The normalized spacial score (nSPS) is 10.3. The molecule has 1 aromatic carbocycles. The van der Waals surface area contributed by atoms with Gasteiger partial charge in [0.25, 0.3) is 0 Å². The second-order valence-electron chi connectivity index (χ2n) is 3.46. The van der Waals surface area contributed by atoms with Gasteiger partial charge in [0.1, 0.15) is 5.82 Å². The van der Waals surface area contributed by atoms with Crippen molar-refractivity contribution in [2.75, 3.05) is 23.7 Å². The highest BCUT2D eigenvalue weighted by Crippen LogP contribution is 2.18. The molecule has 0 spiro atoms. The number of para-hydroxylation sites is 1. The van der Waals surface area contributed by atoms with E-state index in [0.29, 0.717) is 5.69 Å². The van der Waals surface area contributed by atoms with Gasteiger partial charge in [-0.15, -0.1) is 0 Å². The lowest BCUT2D eigenvalue weighted by molar-refractivity contribution is 0.614. The van der Waals surface area contributed by atoms with E-state index >= 15 is 0 Å². The largest absolute Gasteiger partial charge is 0.369 e. The molecule has 15 heavy (non-hydrogen) atoms. The quantitative estimate of drug-likeness (QED) is 0.576. The lowest BCUT2D eigenvalue weighted by Crippen LogP contribution is -2.24. The molecule has 0 aliphatic carbocycles. The van der Waals surface area contributed by atoms with Crippen LogP contribution in [0.5, 0.6) is 0 Å². The Labute approximate surface area is 96.7 Å². The van der Waals surface area contributed by atoms with Gasteiger partial charge in [-0.2, -0.15) is 12.6 Å². The smallest absolute Gasteiger partial charge is 0.146 e. The Morgan fingerprint density at radius 1 is 1.27 bits per heavy atom. The zero-order valence-corrected chi connectivity index (χ0v) is 10.0. The van der Waals surface area contributed by atoms with Gasteiger partial charge in [0.2, 0.25) is 0 Å². The maximum atomic E-state index is 13.5. The van der Waals surface area contributed by atoms with Gasteiger partial charge in [0.05, 0.1) is 5.69 Å². The van der Waals surface area contributed by atoms with E-state index in [9.17, 15) is 4.39 Å². The maximum Gasteiger partial charge on any atom is 0.146 e. The summed E-state index contributed by atoms with van der Waals surface area (Å²) in [6, 6.07) is 6.94. The Hall–Kier alpha value is -0.700. The summed E-state index contributed by atoms with van der Waals surface area (Å²) in [5.41, 5.74) is 0.708. The molecule has 0 aliphatic rings. The lowest BCUT2D eigenvalue weighted by atomic mass is 10.2. The molecule has 1 nitrogen and oxygen atoms in total. The minimum atomic E-state index is -0.134. The average Bonchev–Trinajstić information content (AvgIpc) is 2.26. The van der Waals surface area contributed by atoms with Crippen molar-refractivity contribution in [2.45, 2.75) is 19.8 Å². The molecule has 0 heterocycles. The molecule has 0 N–H and O–H groups in total. The van der Waals surface area contributed by atoms with Crippen LogP contribution in [0.3, 0.4) is 0 Å². The second-order valence-corrected chi connectivity index (χ2v) is 3.91. The number of thiol groups is 1. The summed E-state index contributed by atoms with van der Waals surface area (Å²) in [5, 5.41) is 0. The van der Waals surface area contributed by atoms with Crippen molar-refractivity contribution in [2.24, 2.45) is 0 Å². The summed E-state index contributed by atoms with van der Waals surface area (Å²) < 4.78 is 13.5. The Kier molecular flexibility index (Phi) is 5.54. The highest BCUT2D eigenvalue weighted by molar-refractivity contribution is 7.80. The fourth-order valence-corrected chi connectivity index (χ4v) is 1.80. The molecule has 0 unspecified atom stereocenters. The van der Waals surface area contributed by atoms with Gasteiger partial charge in [-0.25, -0.2) is 4.39 Å². The van der Waals surface area contributed by atoms with E-state index in [1.165, 1.54) is 6.07 Å². The van der Waals surface area contributed by atoms with Crippen LogP contribution in [-0.4, -0.2) is 18.8 Å². The molecule has 0 fully saturated rings. The fraction of sp³-hybridized carbons (Fsp3) is 0.500. The third-order valence-corrected chi connectivity index (χ3v) is 2.73. The Morgan fingerprint density at radius 3 is 2.60 bits per heavy atom. The van der Waals surface area contributed by atoms with Crippen LogP contribution in [0.2, 0.25) is 0 Å². The van der Waals surface area contributed by atoms with Crippen molar-refractivity contribution in [3.63, 3.8) is 0 Å². The van der Waals surface area contributed by atoms with Crippen LogP contribution in [0.4, 0.5) is 10.1 Å². The van der Waals surface area contributed by atoms with Crippen molar-refractivity contribution >= 4 is 18.3 Å². The molecular formula is C12H18FNS. The van der Waals surface area contributed by atoms with Crippen LogP contribution >= 0.6 is 12.6 Å². The number of benzene rings is 1. The molecule has 0 bridgehead atoms. The van der Waals surface area contributed by atoms with Crippen LogP contribution in [0.1, 0.15) is 19.8 Å². The molecule has 84 valence electrons. The first-order chi connectivity index (χ1) is 7.29. The third-order valence-electron chi connectivity index (χ3n) is 2.41. The van der Waals surface area contributed by atoms with Gasteiger partial charge in [-0.05, 0) is 37.7 Å². The predicted octanol–water partition coefficient (Wildman–Crippen LogP) is 3.36. The number of rotatable bonds is 6. The number of hydrogen-bond acceptors (Lipinski definition) is 2. The molecule has 1 rings (SSSR count). The van der Waals surface area contributed by atoms with Gasteiger partial charge < -0.3 is 4.90 Å². The van der Waals surface area contributed by atoms with Gasteiger partial charge in [-0.1, -0.05) is 12.1 Å². The van der Waals surface area contributed by atoms with Crippen LogP contribution < -0.4 is 4.90 Å². The van der Waals surface area contributed by atoms with E-state index in [1.54, 1.807) is 6.07 Å². The van der Waals surface area contributed by atoms with Crippen LogP contribution in [-0.2, 0) is 0 Å². The first-order valence-electron chi connectivity index (χ1n) is 5.40. The second kappa shape index (κ2) is 6.72. The van der Waals surface area contributed by atoms with E-state index in [-0.39, 0.29) is 5.82 Å². The first kappa shape index (κ1) is 12.4. The molecular weight excluding hydrogens is 209 g/mol. The third kappa shape index (κ3) is 3.74. The zero-order chi connectivity index (χ0) is 11.1. The summed E-state index contributed by atoms with van der Waals surface area (Å²) >= 11 is 4.17. The van der Waals surface area contributed by atoms with Gasteiger partial charge in [0, 0.05) is 13.1 Å². The zero-order valence-electron chi connectivity index (χ0n) is 9.12. The minimum Gasteiger partial charge on any atom is -0.369 e. The molecule has 0 saturated carbocycles. The van der Waals surface area contributed by atoms with Crippen molar-refractivity contribution in [3.8, 4) is 0 Å². The van der Waals surface area contributed by atoms with Gasteiger partial charge >= 0.3 is 0 Å². The van der Waals surface area contributed by atoms with Crippen molar-refractivity contribution in [1.82, 2.24) is 0 Å². The van der Waals surface area contributed by atoms with Gasteiger partial charge in [0.15, 0.2) is 0 Å². The predicted molar refractivity (Wildman–Crippen MR) is 67.4 cm³/mol. The topological polar surface area (TPSA) is 3.24 Å². The summed E-state index contributed by atoms with van der Waals surface area (Å²) in [6.45, 7) is 3.79. The van der Waals surface area contributed by atoms with Gasteiger partial charge in [-0.3, -0.25) is 0 Å². The Balaban J connectivity index is 2.61. The van der Waals surface area contributed by atoms with E-state index in [1.807, 2.05) is 19.1 Å². The van der Waals surface area contributed by atoms with E-state index < -0.39 is 0 Å². The van der Waals surface area contributed by atoms with E-state index in [2.05, 4.69) is 17.5 Å². The molecule has 0 saturated heterocycles. The minimum absolute atomic E-state index is 0.134. The van der Waals surface area contributed by atoms with Crippen molar-refractivity contribution in [3.05, 3.63) is 30.1 Å². The molecule has 0 amide bonds. The SMILES string of the molecule is CCN(CCCCS)c1ccccc1F. The summed E-state index contributed by atoms with van der Waals surface area (Å²) in [5.74, 6) is 0.764. The first-order valence-corrected chi connectivity index (χ1v) is 6.03. The molecule has 0 radical (unpaired) electrons. The summed E-state index contributed by atoms with van der Waals surface area (Å²) in [6.07, 6.45) is 2.14. The lowest BCUT2D eigenvalue weighted by Gasteiger charge is -2.23. The molecule has 0 atom stereocenters. The van der Waals surface area contributed by atoms with E-state index in [4.69, 9.17) is 0 Å². The Morgan fingerprint density at radius 2 is 2.00 bits per heavy atom. The highest BCUT2D eigenvalue weighted by atomic mass is 32.1. The summed E-state index contributed by atoms with van der Waals surface area (Å²) in [4.78, 5) is 2.07. The number of nitrogens with zero attached hydrogens (tertiary/aromatic N) is 1. The molecule has 1 aromatic rings. The van der Waals surface area contributed by atoms with Crippen LogP contribution in [0.25, 0.3) is 0 Å². The van der Waals surface area contributed by atoms with Crippen LogP contribution in [0.15, 0.2) is 24.3 Å². The number of hydrogen-bond donors (Lipinski definition) is 1. The maximum absolute atomic E-state index is 13.5. The molecule has 3 heteroatoms. The highest BCUT2D eigenvalue weighted by Gasteiger charge is 2.07. The number of halogens is 1. The monoisotopic (exact) mass is 227 g/mol. The fourth-order valence-electron chi connectivity index (χ4n) is 1.57. The molecule has 0 aromatic heterocycles. The Bertz CT molecular complexity index is 291. The summed E-state index contributed by atoms with van der Waals surface area (Å²) in [7, 11) is 0. The molecule has 0 aliphatic heterocycles. The standard InChI is InChI=1S/C12H18FNS/c1-2-14(9-5-6-10-15)12-8-4-3-7-11(12)13/h3-4,7-8,15H,2,5-6,9-10H2,1H3. The average molecular weight is 227 g/mol. The number of anilines is 1.